The third kappa shape index (κ3) is 6.07. The van der Waals surface area contributed by atoms with Gasteiger partial charge in [-0.15, -0.1) is 0 Å². The fourth-order valence-corrected chi connectivity index (χ4v) is 12.5. The summed E-state index contributed by atoms with van der Waals surface area (Å²) in [5.41, 5.74) is 22.5. The third-order valence-electron chi connectivity index (χ3n) is 15.7. The molecule has 0 amide bonds. The van der Waals surface area contributed by atoms with Crippen molar-refractivity contribution in [2.45, 2.75) is 24.7 Å². The Morgan fingerprint density at radius 1 is 0.375 bits per heavy atom. The molecule has 0 N–H and O–H groups in total. The van der Waals surface area contributed by atoms with Crippen LogP contribution in [0.15, 0.2) is 261 Å². The Morgan fingerprint density at radius 2 is 0.819 bits per heavy atom. The summed E-state index contributed by atoms with van der Waals surface area (Å²) in [7, 11) is 0. The van der Waals surface area contributed by atoms with E-state index < -0.39 is 5.41 Å². The summed E-state index contributed by atoms with van der Waals surface area (Å²) in [5.74, 6) is 0. The summed E-state index contributed by atoms with van der Waals surface area (Å²) in [5, 5.41) is 8.05. The van der Waals surface area contributed by atoms with E-state index >= 15 is 0 Å². The summed E-state index contributed by atoms with van der Waals surface area (Å²) in [6.07, 6.45) is 0. The second-order valence-corrected chi connectivity index (χ2v) is 19.8. The molecule has 14 rings (SSSR count). The second kappa shape index (κ2) is 16.3. The fourth-order valence-electron chi connectivity index (χ4n) is 12.5. The number of hydrogen-bond acceptors (Lipinski definition) is 2. The number of hydrogen-bond donors (Lipinski definition) is 0. The molecular weight excluding hydrogens is 871 g/mol. The van der Waals surface area contributed by atoms with Crippen molar-refractivity contribution in [1.29, 1.82) is 0 Å². The first kappa shape index (κ1) is 41.9. The van der Waals surface area contributed by atoms with Crippen LogP contribution >= 0.6 is 0 Å². The van der Waals surface area contributed by atoms with Crippen molar-refractivity contribution >= 4 is 33.4 Å². The lowest BCUT2D eigenvalue weighted by Gasteiger charge is -2.35. The van der Waals surface area contributed by atoms with Crippen LogP contribution in [0.2, 0.25) is 0 Å². The smallest absolute Gasteiger partial charge is 0.101 e. The average molecular weight is 920 g/mol. The number of aromatic nitrogens is 2. The fraction of sp³-hybridized carbons (Fsp3) is 0.0580. The zero-order valence-electron chi connectivity index (χ0n) is 40.2. The highest BCUT2D eigenvalue weighted by Crippen LogP contribution is 2.59. The van der Waals surface area contributed by atoms with Gasteiger partial charge in [-0.1, -0.05) is 250 Å². The van der Waals surface area contributed by atoms with Crippen molar-refractivity contribution < 1.29 is 0 Å². The predicted molar refractivity (Wildman–Crippen MR) is 299 cm³/mol. The molecule has 0 radical (unpaired) electrons. The number of nitrogens with zero attached hydrogens (tertiary/aromatic N) is 3. The Bertz CT molecular complexity index is 4000. The molecule has 10 aromatic carbocycles. The normalized spacial score (nSPS) is 13.6. The quantitative estimate of drug-likeness (QED) is 0.151. The molecule has 2 aliphatic rings. The lowest BCUT2D eigenvalue weighted by atomic mass is 9.67. The molecular formula is C69H49N3. The van der Waals surface area contributed by atoms with Gasteiger partial charge in [0.05, 0.1) is 22.3 Å². The number of pyridine rings is 1. The maximum absolute atomic E-state index is 5.80. The van der Waals surface area contributed by atoms with E-state index in [1.165, 1.54) is 55.6 Å². The summed E-state index contributed by atoms with van der Waals surface area (Å²) in [6.45, 7) is 4.76. The Balaban J connectivity index is 1.14. The Hall–Kier alpha value is -9.05. The lowest BCUT2D eigenvalue weighted by Crippen LogP contribution is -2.28. The van der Waals surface area contributed by atoms with Crippen LogP contribution in [-0.4, -0.2) is 9.61 Å². The van der Waals surface area contributed by atoms with Crippen molar-refractivity contribution in [3.63, 3.8) is 0 Å². The van der Waals surface area contributed by atoms with Crippen molar-refractivity contribution in [2.75, 3.05) is 4.90 Å². The number of fused-ring (bicyclic) bond motifs is 9. The monoisotopic (exact) mass is 919 g/mol. The number of benzene rings is 10. The van der Waals surface area contributed by atoms with Gasteiger partial charge >= 0.3 is 0 Å². The molecule has 2 aliphatic carbocycles. The van der Waals surface area contributed by atoms with Crippen molar-refractivity contribution in [2.24, 2.45) is 0 Å². The van der Waals surface area contributed by atoms with Crippen LogP contribution in [0.5, 0.6) is 0 Å². The topological polar surface area (TPSA) is 20.5 Å². The van der Waals surface area contributed by atoms with E-state index in [1.54, 1.807) is 0 Å². The average Bonchev–Trinajstić information content (AvgIpc) is 4.07. The van der Waals surface area contributed by atoms with Gasteiger partial charge in [-0.05, 0) is 85.5 Å². The minimum absolute atomic E-state index is 0.228. The van der Waals surface area contributed by atoms with Crippen LogP contribution in [0, 0.1) is 0 Å². The molecule has 2 aromatic heterocycles. The Kier molecular flexibility index (Phi) is 9.46. The molecule has 0 unspecified atom stereocenters. The first-order chi connectivity index (χ1) is 35.5. The molecule has 340 valence electrons. The van der Waals surface area contributed by atoms with Gasteiger partial charge in [0.2, 0.25) is 0 Å². The van der Waals surface area contributed by atoms with Crippen molar-refractivity contribution in [1.82, 2.24) is 9.61 Å². The Labute approximate surface area is 420 Å². The molecule has 0 spiro atoms. The third-order valence-corrected chi connectivity index (χ3v) is 15.7. The molecule has 0 aliphatic heterocycles. The predicted octanol–water partition coefficient (Wildman–Crippen LogP) is 17.6. The van der Waals surface area contributed by atoms with Crippen molar-refractivity contribution in [3.05, 3.63) is 294 Å². The van der Waals surface area contributed by atoms with Gasteiger partial charge < -0.3 is 4.90 Å². The van der Waals surface area contributed by atoms with Crippen LogP contribution < -0.4 is 4.90 Å². The molecule has 2 heterocycles. The van der Waals surface area contributed by atoms with E-state index in [2.05, 4.69) is 284 Å². The van der Waals surface area contributed by atoms with Crippen molar-refractivity contribution in [3.8, 4) is 55.9 Å². The minimum atomic E-state index is -0.594. The maximum atomic E-state index is 5.80. The maximum Gasteiger partial charge on any atom is 0.101 e. The van der Waals surface area contributed by atoms with E-state index in [9.17, 15) is 0 Å². The summed E-state index contributed by atoms with van der Waals surface area (Å²) in [4.78, 5) is 2.56. The van der Waals surface area contributed by atoms with E-state index in [4.69, 9.17) is 5.10 Å². The van der Waals surface area contributed by atoms with Gasteiger partial charge in [0.1, 0.15) is 5.69 Å². The zero-order valence-corrected chi connectivity index (χ0v) is 40.2. The van der Waals surface area contributed by atoms with Crippen LogP contribution in [0.25, 0.3) is 72.2 Å². The zero-order chi connectivity index (χ0) is 48.0. The van der Waals surface area contributed by atoms with E-state index in [0.717, 1.165) is 67.0 Å². The first-order valence-corrected chi connectivity index (χ1v) is 25.1. The van der Waals surface area contributed by atoms with E-state index in [0.29, 0.717) is 0 Å². The van der Waals surface area contributed by atoms with Gasteiger partial charge in [-0.3, -0.25) is 0 Å². The van der Waals surface area contributed by atoms with E-state index in [1.807, 2.05) is 0 Å². The molecule has 0 saturated carbocycles. The van der Waals surface area contributed by atoms with Crippen LogP contribution in [0.3, 0.4) is 0 Å². The summed E-state index contributed by atoms with van der Waals surface area (Å²) in [6, 6.07) is 96.0. The van der Waals surface area contributed by atoms with Gasteiger partial charge in [0.25, 0.3) is 0 Å². The molecule has 0 saturated heterocycles. The van der Waals surface area contributed by atoms with Crippen LogP contribution in [0.4, 0.5) is 17.1 Å². The molecule has 12 aromatic rings. The SMILES string of the molecule is CC1(C)c2ccccc2-c2ccc(N(c3ccc4c(c3)C(c3ccccc3)(c3ccccc3)c3ccccc3-4)c3c(-c4ccccc4)n4nc(-c5ccccc5)c(-c5ccccc5)c4c4ccccc34)cc21. The van der Waals surface area contributed by atoms with Crippen LogP contribution in [-0.2, 0) is 10.8 Å². The molecule has 3 heteroatoms. The van der Waals surface area contributed by atoms with Crippen LogP contribution in [0.1, 0.15) is 47.2 Å². The highest BCUT2D eigenvalue weighted by atomic mass is 15.3. The summed E-state index contributed by atoms with van der Waals surface area (Å²) >= 11 is 0. The second-order valence-electron chi connectivity index (χ2n) is 19.8. The number of anilines is 3. The lowest BCUT2D eigenvalue weighted by molar-refractivity contribution is 0.660. The molecule has 0 atom stereocenters. The highest BCUT2D eigenvalue weighted by molar-refractivity contribution is 6.16. The molecule has 72 heavy (non-hydrogen) atoms. The van der Waals surface area contributed by atoms with Gasteiger partial charge in [0.15, 0.2) is 0 Å². The molecule has 0 bridgehead atoms. The van der Waals surface area contributed by atoms with Gasteiger partial charge in [-0.2, -0.15) is 5.10 Å². The first-order valence-electron chi connectivity index (χ1n) is 25.1. The number of rotatable bonds is 8. The van der Waals surface area contributed by atoms with Gasteiger partial charge in [-0.25, -0.2) is 4.52 Å². The van der Waals surface area contributed by atoms with E-state index in [-0.39, 0.29) is 5.41 Å². The highest BCUT2D eigenvalue weighted by Gasteiger charge is 2.46. The molecule has 0 fully saturated rings. The summed E-state index contributed by atoms with van der Waals surface area (Å²) < 4.78 is 2.26. The Morgan fingerprint density at radius 3 is 1.43 bits per heavy atom. The minimum Gasteiger partial charge on any atom is -0.308 e. The van der Waals surface area contributed by atoms with Gasteiger partial charge in [0, 0.05) is 44.3 Å². The largest absolute Gasteiger partial charge is 0.308 e. The molecule has 3 nitrogen and oxygen atoms in total. The standard InChI is InChI=1S/C69H49N3/c1-68(2)59-38-22-20-34-53(59)55-42-40-51(44-61(55)68)71(52-41-43-56-54-35-21-23-39-60(54)69(62(56)45-52,49-30-14-6-15-31-49)50-32-16-7-17-33-50)67-58-37-19-18-36-57(58)66-63(46-24-8-3-9-25-46)64(47-26-10-4-11-27-47)70-72(66)65(67)48-28-12-5-13-29-48/h3-45H,1-2H3.